The van der Waals surface area contributed by atoms with E-state index in [2.05, 4.69) is 47.2 Å². The van der Waals surface area contributed by atoms with E-state index in [0.717, 1.165) is 10.0 Å². The third-order valence-corrected chi connectivity index (χ3v) is 4.10. The molecule has 0 atom stereocenters. The first-order chi connectivity index (χ1) is 9.38. The van der Waals surface area contributed by atoms with Crippen molar-refractivity contribution >= 4 is 27.5 Å². The van der Waals surface area contributed by atoms with Gasteiger partial charge in [-0.25, -0.2) is 4.39 Å². The number of hydrogen-bond acceptors (Lipinski definition) is 1. The van der Waals surface area contributed by atoms with Crippen molar-refractivity contribution in [2.45, 2.75) is 25.9 Å². The average molecular weight is 357 g/mol. The smallest absolute Gasteiger partial charge is 0.141 e. The maximum Gasteiger partial charge on any atom is 0.141 e. The fourth-order valence-corrected chi connectivity index (χ4v) is 2.41. The van der Waals surface area contributed by atoms with Gasteiger partial charge >= 0.3 is 0 Å². The number of benzene rings is 2. The van der Waals surface area contributed by atoms with Gasteiger partial charge in [0.15, 0.2) is 0 Å². The molecule has 0 saturated heterocycles. The highest BCUT2D eigenvalue weighted by molar-refractivity contribution is 9.10. The Hall–Kier alpha value is -0.900. The van der Waals surface area contributed by atoms with Crippen LogP contribution in [0.4, 0.5) is 4.39 Å². The second-order valence-electron chi connectivity index (χ2n) is 5.23. The lowest BCUT2D eigenvalue weighted by molar-refractivity contribution is 0.401. The molecule has 1 N–H and O–H groups in total. The van der Waals surface area contributed by atoms with Gasteiger partial charge in [0.1, 0.15) is 5.82 Å². The van der Waals surface area contributed by atoms with Crippen molar-refractivity contribution in [1.82, 2.24) is 5.32 Å². The van der Waals surface area contributed by atoms with Gasteiger partial charge in [0.25, 0.3) is 0 Å². The van der Waals surface area contributed by atoms with Crippen LogP contribution in [0, 0.1) is 5.82 Å². The van der Waals surface area contributed by atoms with Crippen molar-refractivity contribution in [3.05, 3.63) is 68.9 Å². The summed E-state index contributed by atoms with van der Waals surface area (Å²) in [6.45, 7) is 4.85. The summed E-state index contributed by atoms with van der Waals surface area (Å²) in [7, 11) is 0. The molecular weight excluding hydrogens is 341 g/mol. The van der Waals surface area contributed by atoms with E-state index < -0.39 is 0 Å². The van der Waals surface area contributed by atoms with Gasteiger partial charge in [0.05, 0.1) is 5.02 Å². The molecule has 1 nitrogen and oxygen atoms in total. The van der Waals surface area contributed by atoms with Crippen LogP contribution in [0.1, 0.15) is 25.0 Å². The number of nitrogens with one attached hydrogen (secondary N) is 1. The second kappa shape index (κ2) is 6.25. The maximum atomic E-state index is 13.1. The van der Waals surface area contributed by atoms with Crippen molar-refractivity contribution in [3.63, 3.8) is 0 Å². The third-order valence-electron chi connectivity index (χ3n) is 3.28. The minimum atomic E-state index is -0.386. The van der Waals surface area contributed by atoms with E-state index in [1.807, 2.05) is 12.1 Å². The van der Waals surface area contributed by atoms with Crippen LogP contribution in [0.15, 0.2) is 46.9 Å². The summed E-state index contributed by atoms with van der Waals surface area (Å²) in [4.78, 5) is 0. The fraction of sp³-hybridized carbons (Fsp3) is 0.250. The van der Waals surface area contributed by atoms with Crippen molar-refractivity contribution < 1.29 is 4.39 Å². The number of halogens is 3. The summed E-state index contributed by atoms with van der Waals surface area (Å²) < 4.78 is 14.2. The normalized spacial score (nSPS) is 11.7. The highest BCUT2D eigenvalue weighted by Gasteiger charge is 2.19. The Labute approximate surface area is 132 Å². The van der Waals surface area contributed by atoms with Crippen LogP contribution in [-0.4, -0.2) is 0 Å². The molecule has 0 saturated carbocycles. The lowest BCUT2D eigenvalue weighted by Crippen LogP contribution is -2.35. The molecule has 2 aromatic rings. The first-order valence-corrected chi connectivity index (χ1v) is 7.50. The number of rotatable bonds is 4. The monoisotopic (exact) mass is 355 g/mol. The first-order valence-electron chi connectivity index (χ1n) is 6.33. The average Bonchev–Trinajstić information content (AvgIpc) is 2.41. The molecule has 106 valence electrons. The maximum absolute atomic E-state index is 13.1. The minimum absolute atomic E-state index is 0.158. The van der Waals surface area contributed by atoms with Gasteiger partial charge in [-0.3, -0.25) is 0 Å². The van der Waals surface area contributed by atoms with E-state index in [4.69, 9.17) is 11.6 Å². The van der Waals surface area contributed by atoms with Gasteiger partial charge < -0.3 is 5.32 Å². The van der Waals surface area contributed by atoms with E-state index in [1.165, 1.54) is 11.6 Å². The SMILES string of the molecule is CC(C)(NCc1ccc(F)c(Cl)c1)c1ccc(Br)cc1. The largest absolute Gasteiger partial charge is 0.304 e. The van der Waals surface area contributed by atoms with Gasteiger partial charge in [-0.2, -0.15) is 0 Å². The van der Waals surface area contributed by atoms with Crippen molar-refractivity contribution in [2.24, 2.45) is 0 Å². The highest BCUT2D eigenvalue weighted by Crippen LogP contribution is 2.23. The zero-order valence-electron chi connectivity index (χ0n) is 11.4. The fourth-order valence-electron chi connectivity index (χ4n) is 1.94. The van der Waals surface area contributed by atoms with Crippen molar-refractivity contribution in [2.75, 3.05) is 0 Å². The molecule has 0 fully saturated rings. The van der Waals surface area contributed by atoms with Crippen molar-refractivity contribution in [1.29, 1.82) is 0 Å². The third kappa shape index (κ3) is 3.81. The first kappa shape index (κ1) is 15.5. The minimum Gasteiger partial charge on any atom is -0.304 e. The Bertz CT molecular complexity index is 596. The van der Waals surface area contributed by atoms with Crippen LogP contribution in [0.25, 0.3) is 0 Å². The summed E-state index contributed by atoms with van der Waals surface area (Å²) in [6.07, 6.45) is 0. The predicted octanol–water partition coefficient (Wildman–Crippen LogP) is 5.27. The zero-order valence-corrected chi connectivity index (χ0v) is 13.7. The molecule has 0 radical (unpaired) electrons. The van der Waals surface area contributed by atoms with Gasteiger partial charge in [-0.05, 0) is 49.2 Å². The lowest BCUT2D eigenvalue weighted by Gasteiger charge is -2.27. The van der Waals surface area contributed by atoms with Crippen LogP contribution < -0.4 is 5.32 Å². The summed E-state index contributed by atoms with van der Waals surface area (Å²) >= 11 is 9.22. The van der Waals surface area contributed by atoms with E-state index in [-0.39, 0.29) is 16.4 Å². The summed E-state index contributed by atoms with van der Waals surface area (Å²) in [5.41, 5.74) is 1.97. The van der Waals surface area contributed by atoms with Gasteiger partial charge in [0, 0.05) is 16.6 Å². The molecule has 20 heavy (non-hydrogen) atoms. The van der Waals surface area contributed by atoms with Gasteiger partial charge in [0.2, 0.25) is 0 Å². The molecule has 0 spiro atoms. The quantitative estimate of drug-likeness (QED) is 0.787. The topological polar surface area (TPSA) is 12.0 Å². The molecular formula is C16H16BrClFN. The van der Waals surface area contributed by atoms with Gasteiger partial charge in [-0.1, -0.05) is 45.7 Å². The zero-order chi connectivity index (χ0) is 14.8. The van der Waals surface area contributed by atoms with Crippen LogP contribution in [0.3, 0.4) is 0 Å². The van der Waals surface area contributed by atoms with Crippen LogP contribution >= 0.6 is 27.5 Å². The molecule has 0 heterocycles. The highest BCUT2D eigenvalue weighted by atomic mass is 79.9. The Morgan fingerprint density at radius 2 is 1.80 bits per heavy atom. The summed E-state index contributed by atoms with van der Waals surface area (Å²) in [5, 5.41) is 3.62. The molecule has 0 aliphatic heterocycles. The molecule has 0 aromatic heterocycles. The number of hydrogen-bond donors (Lipinski definition) is 1. The molecule has 0 unspecified atom stereocenters. The Balaban J connectivity index is 2.08. The summed E-state index contributed by atoms with van der Waals surface area (Å²) in [6, 6.07) is 13.0. The molecule has 0 aliphatic carbocycles. The predicted molar refractivity (Wildman–Crippen MR) is 85.4 cm³/mol. The Morgan fingerprint density at radius 1 is 1.15 bits per heavy atom. The van der Waals surface area contributed by atoms with Crippen LogP contribution in [-0.2, 0) is 12.1 Å². The Morgan fingerprint density at radius 3 is 2.40 bits per heavy atom. The van der Waals surface area contributed by atoms with Crippen molar-refractivity contribution in [3.8, 4) is 0 Å². The Kier molecular flexibility index (Phi) is 4.84. The molecule has 4 heteroatoms. The molecule has 2 rings (SSSR count). The summed E-state index contributed by atoms with van der Waals surface area (Å²) in [5.74, 6) is -0.386. The van der Waals surface area contributed by atoms with Gasteiger partial charge in [-0.15, -0.1) is 0 Å². The molecule has 0 aliphatic rings. The molecule has 0 bridgehead atoms. The van der Waals surface area contributed by atoms with E-state index in [9.17, 15) is 4.39 Å². The standard InChI is InChI=1S/C16H16BrClFN/c1-16(2,12-4-6-13(17)7-5-12)20-10-11-3-8-15(19)14(18)9-11/h3-9,20H,10H2,1-2H3. The van der Waals surface area contributed by atoms with Crippen LogP contribution in [0.2, 0.25) is 5.02 Å². The van der Waals surface area contributed by atoms with Crippen LogP contribution in [0.5, 0.6) is 0 Å². The van der Waals surface area contributed by atoms with E-state index in [0.29, 0.717) is 6.54 Å². The second-order valence-corrected chi connectivity index (χ2v) is 6.56. The lowest BCUT2D eigenvalue weighted by atomic mass is 9.94. The molecule has 2 aromatic carbocycles. The molecule has 0 amide bonds. The van der Waals surface area contributed by atoms with E-state index >= 15 is 0 Å². The van der Waals surface area contributed by atoms with E-state index in [1.54, 1.807) is 12.1 Å².